The summed E-state index contributed by atoms with van der Waals surface area (Å²) in [5.74, 6) is 0. The summed E-state index contributed by atoms with van der Waals surface area (Å²) in [7, 11) is 0. The van der Waals surface area contributed by atoms with E-state index in [1.165, 1.54) is 0 Å². The summed E-state index contributed by atoms with van der Waals surface area (Å²) < 4.78 is 37.8. The molecule has 1 fully saturated rings. The molecule has 1 N–H and O–H groups in total. The van der Waals surface area contributed by atoms with E-state index in [1.54, 1.807) is 4.90 Å². The summed E-state index contributed by atoms with van der Waals surface area (Å²) in [6.07, 6.45) is -2.54. The Morgan fingerprint density at radius 2 is 2.14 bits per heavy atom. The highest BCUT2D eigenvalue weighted by molar-refractivity contribution is 4.83. The molecule has 0 aliphatic carbocycles. The second-order valence-electron chi connectivity index (χ2n) is 3.65. The normalized spacial score (nSPS) is 26.1. The van der Waals surface area contributed by atoms with Crippen LogP contribution < -0.4 is 5.32 Å². The van der Waals surface area contributed by atoms with Crippen LogP contribution in [0.4, 0.5) is 13.2 Å². The number of nitrogens with zero attached hydrogens (tertiary/aromatic N) is 1. The SMILES string of the molecule is CCCN1CCCNCC1C(F)(F)F. The molecule has 1 rings (SSSR count). The number of rotatable bonds is 2. The Hall–Kier alpha value is -0.290. The molecule has 0 saturated carbocycles. The highest BCUT2D eigenvalue weighted by atomic mass is 19.4. The number of hydrogen-bond acceptors (Lipinski definition) is 2. The summed E-state index contributed by atoms with van der Waals surface area (Å²) >= 11 is 0. The molecule has 84 valence electrons. The van der Waals surface area contributed by atoms with E-state index in [0.717, 1.165) is 12.8 Å². The van der Waals surface area contributed by atoms with Crippen LogP contribution in [0.2, 0.25) is 0 Å². The van der Waals surface area contributed by atoms with Crippen LogP contribution in [0.1, 0.15) is 19.8 Å². The van der Waals surface area contributed by atoms with Gasteiger partial charge in [-0.2, -0.15) is 13.2 Å². The summed E-state index contributed by atoms with van der Waals surface area (Å²) in [6.45, 7) is 3.71. The third-order valence-corrected chi connectivity index (χ3v) is 2.47. The predicted molar refractivity (Wildman–Crippen MR) is 49.2 cm³/mol. The first-order chi connectivity index (χ1) is 6.55. The second-order valence-corrected chi connectivity index (χ2v) is 3.65. The van der Waals surface area contributed by atoms with Gasteiger partial charge in [0.1, 0.15) is 6.04 Å². The standard InChI is InChI=1S/C9H17F3N2/c1-2-5-14-6-3-4-13-7-8(14)9(10,11)12/h8,13H,2-7H2,1H3. The highest BCUT2D eigenvalue weighted by Gasteiger charge is 2.43. The molecule has 14 heavy (non-hydrogen) atoms. The van der Waals surface area contributed by atoms with Crippen LogP contribution in [-0.2, 0) is 0 Å². The van der Waals surface area contributed by atoms with E-state index in [9.17, 15) is 13.2 Å². The molecule has 1 aliphatic rings. The maximum absolute atomic E-state index is 12.6. The quantitative estimate of drug-likeness (QED) is 0.745. The molecule has 1 saturated heterocycles. The summed E-state index contributed by atoms with van der Waals surface area (Å²) in [5.41, 5.74) is 0. The molecule has 0 bridgehead atoms. The van der Waals surface area contributed by atoms with Crippen molar-refractivity contribution >= 4 is 0 Å². The fourth-order valence-corrected chi connectivity index (χ4v) is 1.81. The van der Waals surface area contributed by atoms with E-state index in [1.807, 2.05) is 6.92 Å². The molecule has 0 aromatic heterocycles. The van der Waals surface area contributed by atoms with Gasteiger partial charge in [0.2, 0.25) is 0 Å². The van der Waals surface area contributed by atoms with Crippen molar-refractivity contribution in [3.8, 4) is 0 Å². The maximum atomic E-state index is 12.6. The second kappa shape index (κ2) is 4.98. The average molecular weight is 210 g/mol. The van der Waals surface area contributed by atoms with Crippen molar-refractivity contribution in [3.63, 3.8) is 0 Å². The van der Waals surface area contributed by atoms with Crippen LogP contribution in [0, 0.1) is 0 Å². The molecule has 0 spiro atoms. The Morgan fingerprint density at radius 1 is 1.43 bits per heavy atom. The Bertz CT molecular complexity index is 170. The van der Waals surface area contributed by atoms with Gasteiger partial charge in [0.25, 0.3) is 0 Å². The zero-order valence-electron chi connectivity index (χ0n) is 8.40. The molecular formula is C9H17F3N2. The topological polar surface area (TPSA) is 15.3 Å². The van der Waals surface area contributed by atoms with E-state index in [-0.39, 0.29) is 6.54 Å². The lowest BCUT2D eigenvalue weighted by Gasteiger charge is -2.30. The number of hydrogen-bond donors (Lipinski definition) is 1. The number of nitrogens with one attached hydrogen (secondary N) is 1. The van der Waals surface area contributed by atoms with Crippen LogP contribution in [0.3, 0.4) is 0 Å². The van der Waals surface area contributed by atoms with Gasteiger partial charge >= 0.3 is 6.18 Å². The van der Waals surface area contributed by atoms with Gasteiger partial charge < -0.3 is 5.32 Å². The van der Waals surface area contributed by atoms with Crippen molar-refractivity contribution in [2.24, 2.45) is 0 Å². The molecule has 5 heteroatoms. The van der Waals surface area contributed by atoms with Crippen LogP contribution in [0.15, 0.2) is 0 Å². The molecule has 1 atom stereocenters. The molecule has 1 heterocycles. The van der Waals surface area contributed by atoms with E-state index in [4.69, 9.17) is 0 Å². The van der Waals surface area contributed by atoms with E-state index >= 15 is 0 Å². The fourth-order valence-electron chi connectivity index (χ4n) is 1.81. The lowest BCUT2D eigenvalue weighted by molar-refractivity contribution is -0.180. The third kappa shape index (κ3) is 3.13. The van der Waals surface area contributed by atoms with Gasteiger partial charge in [-0.25, -0.2) is 0 Å². The van der Waals surface area contributed by atoms with E-state index in [0.29, 0.717) is 19.6 Å². The molecule has 0 amide bonds. The van der Waals surface area contributed by atoms with Crippen molar-refractivity contribution in [1.29, 1.82) is 0 Å². The van der Waals surface area contributed by atoms with Gasteiger partial charge in [-0.05, 0) is 25.9 Å². The van der Waals surface area contributed by atoms with E-state index in [2.05, 4.69) is 5.32 Å². The molecule has 0 aromatic rings. The molecule has 0 aromatic carbocycles. The Balaban J connectivity index is 2.64. The minimum absolute atomic E-state index is 0.0312. The summed E-state index contributed by atoms with van der Waals surface area (Å²) in [5, 5.41) is 2.83. The average Bonchev–Trinajstić information content (AvgIpc) is 2.29. The maximum Gasteiger partial charge on any atom is 0.405 e. The monoisotopic (exact) mass is 210 g/mol. The molecule has 2 nitrogen and oxygen atoms in total. The number of alkyl halides is 3. The zero-order chi connectivity index (χ0) is 10.6. The van der Waals surface area contributed by atoms with Crippen molar-refractivity contribution in [2.45, 2.75) is 32.0 Å². The fraction of sp³-hybridized carbons (Fsp3) is 1.00. The summed E-state index contributed by atoms with van der Waals surface area (Å²) in [6, 6.07) is -1.30. The smallest absolute Gasteiger partial charge is 0.315 e. The first kappa shape index (κ1) is 11.8. The van der Waals surface area contributed by atoms with Crippen LogP contribution in [0.5, 0.6) is 0 Å². The third-order valence-electron chi connectivity index (χ3n) is 2.47. The summed E-state index contributed by atoms with van der Waals surface area (Å²) in [4.78, 5) is 1.54. The zero-order valence-corrected chi connectivity index (χ0v) is 8.40. The highest BCUT2D eigenvalue weighted by Crippen LogP contribution is 2.25. The lowest BCUT2D eigenvalue weighted by atomic mass is 10.2. The molecule has 1 aliphatic heterocycles. The van der Waals surface area contributed by atoms with Crippen LogP contribution >= 0.6 is 0 Å². The predicted octanol–water partition coefficient (Wildman–Crippen LogP) is 1.62. The minimum atomic E-state index is -4.10. The lowest BCUT2D eigenvalue weighted by Crippen LogP contribution is -2.49. The van der Waals surface area contributed by atoms with Crippen molar-refractivity contribution in [1.82, 2.24) is 10.2 Å². The van der Waals surface area contributed by atoms with Gasteiger partial charge in [-0.3, -0.25) is 4.90 Å². The van der Waals surface area contributed by atoms with Gasteiger partial charge in [0.05, 0.1) is 0 Å². The van der Waals surface area contributed by atoms with Gasteiger partial charge in [0.15, 0.2) is 0 Å². The van der Waals surface area contributed by atoms with Crippen LogP contribution in [0.25, 0.3) is 0 Å². The Labute approximate surface area is 82.5 Å². The largest absolute Gasteiger partial charge is 0.405 e. The number of halogens is 3. The van der Waals surface area contributed by atoms with Gasteiger partial charge in [0, 0.05) is 13.1 Å². The molecule has 0 radical (unpaired) electrons. The van der Waals surface area contributed by atoms with Gasteiger partial charge in [-0.1, -0.05) is 6.92 Å². The van der Waals surface area contributed by atoms with Crippen LogP contribution in [-0.4, -0.2) is 43.3 Å². The van der Waals surface area contributed by atoms with Crippen molar-refractivity contribution in [3.05, 3.63) is 0 Å². The first-order valence-corrected chi connectivity index (χ1v) is 5.07. The van der Waals surface area contributed by atoms with Crippen molar-refractivity contribution in [2.75, 3.05) is 26.2 Å². The Morgan fingerprint density at radius 3 is 2.71 bits per heavy atom. The minimum Gasteiger partial charge on any atom is -0.315 e. The Kier molecular flexibility index (Phi) is 4.19. The van der Waals surface area contributed by atoms with Crippen molar-refractivity contribution < 1.29 is 13.2 Å². The van der Waals surface area contributed by atoms with E-state index < -0.39 is 12.2 Å². The molecule has 1 unspecified atom stereocenters. The molecular weight excluding hydrogens is 193 g/mol. The first-order valence-electron chi connectivity index (χ1n) is 5.07. The van der Waals surface area contributed by atoms with Gasteiger partial charge in [-0.15, -0.1) is 0 Å².